The Morgan fingerprint density at radius 2 is 1.77 bits per heavy atom. The number of rotatable bonds is 8. The molecule has 31 heavy (non-hydrogen) atoms. The summed E-state index contributed by atoms with van der Waals surface area (Å²) in [5, 5.41) is 15.0. The molecule has 4 heterocycles. The zero-order valence-electron chi connectivity index (χ0n) is 18.6. The smallest absolute Gasteiger partial charge is 0.119 e. The molecule has 3 aliphatic heterocycles. The summed E-state index contributed by atoms with van der Waals surface area (Å²) in [4.78, 5) is 4.76. The van der Waals surface area contributed by atoms with E-state index in [1.165, 1.54) is 11.3 Å². The maximum Gasteiger partial charge on any atom is 0.119 e. The number of benzene rings is 1. The summed E-state index contributed by atoms with van der Waals surface area (Å²) >= 11 is 0. The van der Waals surface area contributed by atoms with E-state index in [0.717, 1.165) is 57.0 Å². The molecule has 2 aromatic rings. The number of β-amino-alcohol motifs (C(OH)–C–C–N with tert-alkyl or cyclic N) is 1. The molecule has 7 nitrogen and oxygen atoms in total. The molecule has 0 amide bonds. The second kappa shape index (κ2) is 8.90. The first-order valence-electron chi connectivity index (χ1n) is 11.5. The molecule has 7 heteroatoms. The molecular formula is C24H34N4O3. The molecule has 0 spiro atoms. The third-order valence-electron chi connectivity index (χ3n) is 6.69. The zero-order valence-corrected chi connectivity index (χ0v) is 18.6. The summed E-state index contributed by atoms with van der Waals surface area (Å²) in [5.74, 6) is 0.814. The third kappa shape index (κ3) is 4.95. The van der Waals surface area contributed by atoms with Gasteiger partial charge in [0.1, 0.15) is 18.5 Å². The van der Waals surface area contributed by atoms with E-state index in [0.29, 0.717) is 31.4 Å². The first kappa shape index (κ1) is 20.9. The second-order valence-electron chi connectivity index (χ2n) is 9.50. The largest absolute Gasteiger partial charge is 0.491 e. The molecule has 1 aromatic carbocycles. The van der Waals surface area contributed by atoms with Gasteiger partial charge in [-0.1, -0.05) is 12.1 Å². The SMILES string of the molecule is Cc1cc(C)n(C2CN(Cc3ccc(OCC(O)CN4C[C@H]5CC[C@@H](C4)O5)cc3)C2)n1. The topological polar surface area (TPSA) is 63.0 Å². The quantitative estimate of drug-likeness (QED) is 0.698. The Morgan fingerprint density at radius 3 is 2.42 bits per heavy atom. The number of nitrogens with zero attached hydrogens (tertiary/aromatic N) is 4. The minimum absolute atomic E-state index is 0.322. The van der Waals surface area contributed by atoms with E-state index in [4.69, 9.17) is 9.47 Å². The van der Waals surface area contributed by atoms with Gasteiger partial charge < -0.3 is 14.6 Å². The van der Waals surface area contributed by atoms with E-state index in [2.05, 4.69) is 51.6 Å². The van der Waals surface area contributed by atoms with E-state index >= 15 is 0 Å². The van der Waals surface area contributed by atoms with Crippen molar-refractivity contribution >= 4 is 0 Å². The number of hydrogen-bond acceptors (Lipinski definition) is 6. The minimum atomic E-state index is -0.482. The summed E-state index contributed by atoms with van der Waals surface area (Å²) in [5.41, 5.74) is 3.61. The van der Waals surface area contributed by atoms with Gasteiger partial charge in [0, 0.05) is 45.0 Å². The molecule has 3 aliphatic rings. The van der Waals surface area contributed by atoms with Gasteiger partial charge in [-0.15, -0.1) is 0 Å². The number of fused-ring (bicyclic) bond motifs is 2. The lowest BCUT2D eigenvalue weighted by Crippen LogP contribution is -2.47. The van der Waals surface area contributed by atoms with E-state index in [1.807, 2.05) is 12.1 Å². The fourth-order valence-electron chi connectivity index (χ4n) is 5.18. The number of hydrogen-bond donors (Lipinski definition) is 1. The van der Waals surface area contributed by atoms with Crippen molar-refractivity contribution in [1.29, 1.82) is 0 Å². The Kier molecular flexibility index (Phi) is 6.01. The molecule has 3 fully saturated rings. The second-order valence-corrected chi connectivity index (χ2v) is 9.50. The minimum Gasteiger partial charge on any atom is -0.491 e. The lowest BCUT2D eigenvalue weighted by atomic mass is 10.1. The summed E-state index contributed by atoms with van der Waals surface area (Å²) in [7, 11) is 0. The molecule has 168 valence electrons. The molecule has 5 rings (SSSR count). The highest BCUT2D eigenvalue weighted by molar-refractivity contribution is 5.27. The average molecular weight is 427 g/mol. The van der Waals surface area contributed by atoms with E-state index in [9.17, 15) is 5.11 Å². The summed E-state index contributed by atoms with van der Waals surface area (Å²) < 4.78 is 13.9. The summed E-state index contributed by atoms with van der Waals surface area (Å²) in [6, 6.07) is 10.9. The number of aromatic nitrogens is 2. The van der Waals surface area contributed by atoms with Crippen LogP contribution in [0.4, 0.5) is 0 Å². The fraction of sp³-hybridized carbons (Fsp3) is 0.625. The lowest BCUT2D eigenvalue weighted by molar-refractivity contribution is -0.0528. The molecule has 0 aliphatic carbocycles. The van der Waals surface area contributed by atoms with Crippen LogP contribution in [0.25, 0.3) is 0 Å². The van der Waals surface area contributed by atoms with Gasteiger partial charge in [-0.05, 0) is 50.5 Å². The Bertz CT molecular complexity index is 865. The number of aryl methyl sites for hydroxylation is 2. The van der Waals surface area contributed by atoms with Gasteiger partial charge >= 0.3 is 0 Å². The van der Waals surface area contributed by atoms with Gasteiger partial charge in [-0.2, -0.15) is 5.10 Å². The number of aliphatic hydroxyl groups is 1. The van der Waals surface area contributed by atoms with Crippen LogP contribution in [-0.4, -0.2) is 82.3 Å². The first-order chi connectivity index (χ1) is 15.0. The van der Waals surface area contributed by atoms with E-state index in [-0.39, 0.29) is 0 Å². The van der Waals surface area contributed by atoms with Crippen molar-refractivity contribution < 1.29 is 14.6 Å². The van der Waals surface area contributed by atoms with Crippen LogP contribution in [0.3, 0.4) is 0 Å². The highest BCUT2D eigenvalue weighted by Gasteiger charge is 2.34. The molecule has 1 unspecified atom stereocenters. The van der Waals surface area contributed by atoms with Crippen LogP contribution in [0.5, 0.6) is 5.75 Å². The third-order valence-corrected chi connectivity index (χ3v) is 6.69. The van der Waals surface area contributed by atoms with Crippen molar-refractivity contribution in [2.24, 2.45) is 0 Å². The van der Waals surface area contributed by atoms with Gasteiger partial charge in [-0.25, -0.2) is 0 Å². The highest BCUT2D eigenvalue weighted by Crippen LogP contribution is 2.27. The monoisotopic (exact) mass is 426 g/mol. The molecule has 2 bridgehead atoms. The van der Waals surface area contributed by atoms with Crippen LogP contribution >= 0.6 is 0 Å². The van der Waals surface area contributed by atoms with E-state index < -0.39 is 6.10 Å². The molecular weight excluding hydrogens is 392 g/mol. The van der Waals surface area contributed by atoms with Crippen molar-refractivity contribution in [3.05, 3.63) is 47.3 Å². The van der Waals surface area contributed by atoms with Crippen LogP contribution in [0.1, 0.15) is 35.8 Å². The standard InChI is InChI=1S/C24H34N4O3/c1-17-9-18(2)28(25-17)20-11-26(12-20)10-19-3-5-22(6-4-19)30-16-21(29)13-27-14-23-7-8-24(15-27)31-23/h3-6,9,20-21,23-24,29H,7-8,10-16H2,1-2H3/t21?,23-,24+. The van der Waals surface area contributed by atoms with Crippen molar-refractivity contribution in [2.45, 2.75) is 57.6 Å². The molecule has 0 saturated carbocycles. The van der Waals surface area contributed by atoms with Crippen molar-refractivity contribution in [3.8, 4) is 5.75 Å². The Balaban J connectivity index is 1.03. The van der Waals surface area contributed by atoms with Gasteiger partial charge in [0.05, 0.1) is 23.9 Å². The normalized spacial score (nSPS) is 25.5. The summed E-state index contributed by atoms with van der Waals surface area (Å²) in [6.07, 6.45) is 2.54. The van der Waals surface area contributed by atoms with Gasteiger partial charge in [0.15, 0.2) is 0 Å². The predicted octanol–water partition coefficient (Wildman–Crippen LogP) is 2.16. The molecule has 1 N–H and O–H groups in total. The molecule has 3 saturated heterocycles. The van der Waals surface area contributed by atoms with Crippen molar-refractivity contribution in [1.82, 2.24) is 19.6 Å². The number of likely N-dealkylation sites (tertiary alicyclic amines) is 2. The van der Waals surface area contributed by atoms with Crippen LogP contribution in [0, 0.1) is 13.8 Å². The fourth-order valence-corrected chi connectivity index (χ4v) is 5.18. The van der Waals surface area contributed by atoms with Crippen LogP contribution < -0.4 is 4.74 Å². The van der Waals surface area contributed by atoms with Crippen LogP contribution in [0.2, 0.25) is 0 Å². The summed E-state index contributed by atoms with van der Waals surface area (Å²) in [6.45, 7) is 10.0. The van der Waals surface area contributed by atoms with Gasteiger partial charge in [-0.3, -0.25) is 14.5 Å². The van der Waals surface area contributed by atoms with Gasteiger partial charge in [0.25, 0.3) is 0 Å². The van der Waals surface area contributed by atoms with E-state index in [1.54, 1.807) is 0 Å². The van der Waals surface area contributed by atoms with Crippen molar-refractivity contribution in [2.75, 3.05) is 39.3 Å². The average Bonchev–Trinajstić information content (AvgIpc) is 3.23. The van der Waals surface area contributed by atoms with Gasteiger partial charge in [0.2, 0.25) is 0 Å². The Morgan fingerprint density at radius 1 is 1.06 bits per heavy atom. The number of ether oxygens (including phenoxy) is 2. The van der Waals surface area contributed by atoms with Crippen LogP contribution in [0.15, 0.2) is 30.3 Å². The first-order valence-corrected chi connectivity index (χ1v) is 11.5. The van der Waals surface area contributed by atoms with Crippen LogP contribution in [-0.2, 0) is 11.3 Å². The Labute approximate surface area is 184 Å². The van der Waals surface area contributed by atoms with Crippen molar-refractivity contribution in [3.63, 3.8) is 0 Å². The maximum absolute atomic E-state index is 10.4. The highest BCUT2D eigenvalue weighted by atomic mass is 16.5. The molecule has 1 aromatic heterocycles. The lowest BCUT2D eigenvalue weighted by Gasteiger charge is -2.39. The maximum atomic E-state index is 10.4. The molecule has 3 atom stereocenters. The predicted molar refractivity (Wildman–Crippen MR) is 118 cm³/mol. The zero-order chi connectivity index (χ0) is 21.4. The number of aliphatic hydroxyl groups excluding tert-OH is 1. The Hall–Kier alpha value is -1.93. The number of morpholine rings is 1. The molecule has 0 radical (unpaired) electrons.